The second kappa shape index (κ2) is 13.8. The number of anilines is 1. The van der Waals surface area contributed by atoms with Gasteiger partial charge in [0.25, 0.3) is 5.56 Å². The Morgan fingerprint density at radius 2 is 1.74 bits per heavy atom. The molecule has 12 heteroatoms. The van der Waals surface area contributed by atoms with Gasteiger partial charge in [-0.15, -0.1) is 0 Å². The molecule has 0 saturated carbocycles. The van der Waals surface area contributed by atoms with Gasteiger partial charge in [-0.3, -0.25) is 14.2 Å². The summed E-state index contributed by atoms with van der Waals surface area (Å²) in [4.78, 5) is 45.0. The standard InChI is InChI=1S/C34H36ClFN8O2/c1-20(2)28-32(29(21(3)4)40-19-39-28)44-33-23(17-25(35)30(41-33)22-9-6-7-10-26(22)36)31(24(18-37)34(44)46)43-15-13-42(14-16-43)27(45)11-8-12-38-5/h6-11,17,19-21,38H,12-16H2,1-5H3/b11-8+. The average molecular weight is 643 g/mol. The highest BCUT2D eigenvalue weighted by Crippen LogP contribution is 2.38. The first-order chi connectivity index (χ1) is 22.1. The molecule has 4 aromatic rings. The van der Waals surface area contributed by atoms with Gasteiger partial charge in [-0.2, -0.15) is 5.26 Å². The molecule has 10 nitrogen and oxygen atoms in total. The molecular weight excluding hydrogens is 607 g/mol. The fourth-order valence-corrected chi connectivity index (χ4v) is 6.01. The molecule has 1 saturated heterocycles. The lowest BCUT2D eigenvalue weighted by molar-refractivity contribution is -0.126. The minimum Gasteiger partial charge on any atom is -0.366 e. The number of hydrogen-bond donors (Lipinski definition) is 1. The van der Waals surface area contributed by atoms with Crippen LogP contribution < -0.4 is 15.8 Å². The van der Waals surface area contributed by atoms with Crippen molar-refractivity contribution in [1.82, 2.24) is 29.7 Å². The normalized spacial score (nSPS) is 13.7. The molecule has 238 valence electrons. The van der Waals surface area contributed by atoms with Gasteiger partial charge in [0.05, 0.1) is 33.5 Å². The smallest absolute Gasteiger partial charge is 0.276 e. The van der Waals surface area contributed by atoms with Crippen molar-refractivity contribution in [2.75, 3.05) is 44.7 Å². The fraction of sp³-hybridized carbons (Fsp3) is 0.353. The molecule has 0 atom stereocenters. The number of rotatable bonds is 8. The Morgan fingerprint density at radius 1 is 1.09 bits per heavy atom. The molecule has 0 radical (unpaired) electrons. The number of carbonyl (C=O) groups excluding carboxylic acids is 1. The van der Waals surface area contributed by atoms with Gasteiger partial charge in [0, 0.05) is 49.7 Å². The van der Waals surface area contributed by atoms with Gasteiger partial charge < -0.3 is 15.1 Å². The number of benzene rings is 1. The van der Waals surface area contributed by atoms with Crippen molar-refractivity contribution in [3.8, 4) is 23.0 Å². The number of nitrogens with one attached hydrogen (secondary N) is 1. The maximum atomic E-state index is 15.1. The summed E-state index contributed by atoms with van der Waals surface area (Å²) in [6.07, 6.45) is 4.78. The molecule has 0 aliphatic carbocycles. The molecule has 1 N–H and O–H groups in total. The number of likely N-dealkylation sites (N-methyl/N-ethyl adjacent to an activating group) is 1. The first kappa shape index (κ1) is 32.7. The van der Waals surface area contributed by atoms with E-state index in [0.717, 1.165) is 0 Å². The van der Waals surface area contributed by atoms with Crippen LogP contribution in [0.15, 0.2) is 53.6 Å². The van der Waals surface area contributed by atoms with Crippen LogP contribution in [0.2, 0.25) is 5.02 Å². The van der Waals surface area contributed by atoms with Crippen molar-refractivity contribution in [2.45, 2.75) is 39.5 Å². The number of amides is 1. The summed E-state index contributed by atoms with van der Waals surface area (Å²) < 4.78 is 16.5. The maximum absolute atomic E-state index is 15.1. The molecule has 4 heterocycles. The third-order valence-corrected chi connectivity index (χ3v) is 8.29. The average Bonchev–Trinajstić information content (AvgIpc) is 3.04. The number of pyridine rings is 2. The number of nitriles is 1. The summed E-state index contributed by atoms with van der Waals surface area (Å²) >= 11 is 6.83. The lowest BCUT2D eigenvalue weighted by atomic mass is 10.00. The molecule has 3 aromatic heterocycles. The zero-order valence-corrected chi connectivity index (χ0v) is 27.3. The minimum absolute atomic E-state index is 0.0917. The molecule has 0 bridgehead atoms. The van der Waals surface area contributed by atoms with Gasteiger partial charge in [-0.1, -0.05) is 57.5 Å². The highest BCUT2D eigenvalue weighted by atomic mass is 35.5. The van der Waals surface area contributed by atoms with Crippen LogP contribution >= 0.6 is 11.6 Å². The lowest BCUT2D eigenvalue weighted by Crippen LogP contribution is -2.49. The number of piperazine rings is 1. The predicted molar refractivity (Wildman–Crippen MR) is 178 cm³/mol. The lowest BCUT2D eigenvalue weighted by Gasteiger charge is -2.36. The van der Waals surface area contributed by atoms with Crippen LogP contribution in [-0.4, -0.2) is 70.1 Å². The maximum Gasteiger partial charge on any atom is 0.276 e. The molecule has 0 spiro atoms. The second-order valence-electron chi connectivity index (χ2n) is 11.7. The Labute approximate surface area is 272 Å². The van der Waals surface area contributed by atoms with Gasteiger partial charge in [-0.25, -0.2) is 19.3 Å². The van der Waals surface area contributed by atoms with Gasteiger partial charge >= 0.3 is 0 Å². The summed E-state index contributed by atoms with van der Waals surface area (Å²) in [7, 11) is 1.80. The first-order valence-corrected chi connectivity index (χ1v) is 15.6. The number of hydrogen-bond acceptors (Lipinski definition) is 8. The Bertz CT molecular complexity index is 1900. The van der Waals surface area contributed by atoms with Gasteiger partial charge in [0.2, 0.25) is 5.91 Å². The molecular formula is C34H36ClFN8O2. The SMILES string of the molecule is CNC/C=C/C(=O)N1CCN(c2c(C#N)c(=O)n(-c3c(C(C)C)ncnc3C(C)C)c3nc(-c4ccccc4F)c(Cl)cc23)CC1. The predicted octanol–water partition coefficient (Wildman–Crippen LogP) is 5.18. The van der Waals surface area contributed by atoms with E-state index in [0.29, 0.717) is 60.9 Å². The fourth-order valence-electron chi connectivity index (χ4n) is 5.76. The second-order valence-corrected chi connectivity index (χ2v) is 12.1. The Balaban J connectivity index is 1.80. The van der Waals surface area contributed by atoms with E-state index in [9.17, 15) is 14.9 Å². The summed E-state index contributed by atoms with van der Waals surface area (Å²) in [5.74, 6) is -0.832. The summed E-state index contributed by atoms with van der Waals surface area (Å²) in [6, 6.07) is 9.96. The number of carbonyl (C=O) groups is 1. The van der Waals surface area contributed by atoms with E-state index in [4.69, 9.17) is 16.6 Å². The van der Waals surface area contributed by atoms with Crippen LogP contribution in [0.25, 0.3) is 28.0 Å². The molecule has 1 aromatic carbocycles. The summed E-state index contributed by atoms with van der Waals surface area (Å²) in [6.45, 7) is 9.94. The van der Waals surface area contributed by atoms with Crippen molar-refractivity contribution in [3.63, 3.8) is 0 Å². The number of aromatic nitrogens is 4. The van der Waals surface area contributed by atoms with E-state index < -0.39 is 11.4 Å². The largest absolute Gasteiger partial charge is 0.366 e. The van der Waals surface area contributed by atoms with Crippen LogP contribution in [0.5, 0.6) is 0 Å². The topological polar surface area (TPSA) is 120 Å². The Kier molecular flexibility index (Phi) is 9.79. The first-order valence-electron chi connectivity index (χ1n) is 15.2. The van der Waals surface area contributed by atoms with Crippen molar-refractivity contribution in [3.05, 3.63) is 87.0 Å². The number of halogens is 2. The molecule has 1 aliphatic heterocycles. The molecule has 46 heavy (non-hydrogen) atoms. The number of nitrogens with zero attached hydrogens (tertiary/aromatic N) is 7. The van der Waals surface area contributed by atoms with Gasteiger partial charge in [0.15, 0.2) is 0 Å². The van der Waals surface area contributed by atoms with Crippen molar-refractivity contribution >= 4 is 34.2 Å². The van der Waals surface area contributed by atoms with E-state index in [-0.39, 0.29) is 45.2 Å². The Hall–Kier alpha value is -4.66. The van der Waals surface area contributed by atoms with Crippen LogP contribution in [0.3, 0.4) is 0 Å². The zero-order valence-electron chi connectivity index (χ0n) is 26.5. The molecule has 0 unspecified atom stereocenters. The van der Waals surface area contributed by atoms with E-state index in [1.54, 1.807) is 42.3 Å². The highest BCUT2D eigenvalue weighted by molar-refractivity contribution is 6.34. The van der Waals surface area contributed by atoms with Gasteiger partial charge in [-0.05, 0) is 37.1 Å². The summed E-state index contributed by atoms with van der Waals surface area (Å²) in [5.41, 5.74) is 1.90. The van der Waals surface area contributed by atoms with E-state index in [1.165, 1.54) is 23.0 Å². The molecule has 1 aliphatic rings. The monoisotopic (exact) mass is 642 g/mol. The molecule has 1 amide bonds. The molecule has 5 rings (SSSR count). The third kappa shape index (κ3) is 6.10. The quantitative estimate of drug-likeness (QED) is 0.261. The highest BCUT2D eigenvalue weighted by Gasteiger charge is 2.30. The van der Waals surface area contributed by atoms with Crippen molar-refractivity contribution in [2.24, 2.45) is 0 Å². The van der Waals surface area contributed by atoms with E-state index in [2.05, 4.69) is 21.4 Å². The van der Waals surface area contributed by atoms with Crippen LogP contribution in [0, 0.1) is 17.1 Å². The van der Waals surface area contributed by atoms with Crippen LogP contribution in [0.1, 0.15) is 56.5 Å². The summed E-state index contributed by atoms with van der Waals surface area (Å²) in [5, 5.41) is 14.1. The van der Waals surface area contributed by atoms with Crippen molar-refractivity contribution < 1.29 is 9.18 Å². The zero-order chi connectivity index (χ0) is 33.1. The van der Waals surface area contributed by atoms with Crippen molar-refractivity contribution in [1.29, 1.82) is 5.26 Å². The van der Waals surface area contributed by atoms with Gasteiger partial charge in [0.1, 0.15) is 29.4 Å². The minimum atomic E-state index is -0.591. The van der Waals surface area contributed by atoms with Crippen LogP contribution in [0.4, 0.5) is 10.1 Å². The van der Waals surface area contributed by atoms with Crippen LogP contribution in [-0.2, 0) is 4.79 Å². The number of fused-ring (bicyclic) bond motifs is 1. The Morgan fingerprint density at radius 3 is 2.33 bits per heavy atom. The molecule has 1 fully saturated rings. The third-order valence-electron chi connectivity index (χ3n) is 8.00. The van der Waals surface area contributed by atoms with E-state index >= 15 is 4.39 Å². The van der Waals surface area contributed by atoms with E-state index in [1.807, 2.05) is 32.6 Å².